The lowest BCUT2D eigenvalue weighted by atomic mass is 10.2. The number of nitriles is 1. The fourth-order valence-corrected chi connectivity index (χ4v) is 3.35. The van der Waals surface area contributed by atoms with E-state index in [2.05, 4.69) is 4.98 Å². The topological polar surface area (TPSA) is 96.2 Å². The smallest absolute Gasteiger partial charge is 0.267 e. The second-order valence-corrected chi connectivity index (χ2v) is 6.30. The van der Waals surface area contributed by atoms with Crippen LogP contribution in [-0.4, -0.2) is 26.7 Å². The van der Waals surface area contributed by atoms with E-state index < -0.39 is 0 Å². The molecule has 1 unspecified atom stereocenters. The number of nitrogens with one attached hydrogen (secondary N) is 1. The summed E-state index contributed by atoms with van der Waals surface area (Å²) in [6, 6.07) is 7.17. The molecule has 1 atom stereocenters. The van der Waals surface area contributed by atoms with Gasteiger partial charge in [-0.15, -0.1) is 0 Å². The first-order valence-corrected chi connectivity index (χ1v) is 8.22. The first-order chi connectivity index (χ1) is 12.1. The predicted molar refractivity (Wildman–Crippen MR) is 91.2 cm³/mol. The first kappa shape index (κ1) is 15.5. The molecule has 0 radical (unpaired) electrons. The minimum absolute atomic E-state index is 0.0247. The van der Waals surface area contributed by atoms with Gasteiger partial charge in [-0.2, -0.15) is 5.26 Å². The number of aromatic nitrogens is 3. The Morgan fingerprint density at radius 2 is 2.32 bits per heavy atom. The van der Waals surface area contributed by atoms with Crippen LogP contribution < -0.4 is 11.0 Å². The monoisotopic (exact) mass is 335 g/mol. The summed E-state index contributed by atoms with van der Waals surface area (Å²) < 4.78 is 8.80. The van der Waals surface area contributed by atoms with E-state index in [-0.39, 0.29) is 22.7 Å². The molecule has 1 fully saturated rings. The molecular weight excluding hydrogens is 318 g/mol. The molecule has 7 nitrogen and oxygen atoms in total. The van der Waals surface area contributed by atoms with Gasteiger partial charge in [-0.05, 0) is 37.5 Å². The zero-order valence-corrected chi connectivity index (χ0v) is 13.8. The summed E-state index contributed by atoms with van der Waals surface area (Å²) in [5, 5.41) is 18.1. The summed E-state index contributed by atoms with van der Waals surface area (Å²) in [6.07, 6.45) is 3.52. The van der Waals surface area contributed by atoms with Crippen molar-refractivity contribution in [3.8, 4) is 6.07 Å². The van der Waals surface area contributed by atoms with Gasteiger partial charge in [0.1, 0.15) is 22.9 Å². The Bertz CT molecular complexity index is 1150. The molecule has 0 bridgehead atoms. The van der Waals surface area contributed by atoms with Crippen LogP contribution in [0, 0.1) is 23.7 Å². The van der Waals surface area contributed by atoms with E-state index in [0.29, 0.717) is 29.8 Å². The lowest BCUT2D eigenvalue weighted by molar-refractivity contribution is 0.0967. The zero-order chi connectivity index (χ0) is 17.6. The highest BCUT2D eigenvalue weighted by atomic mass is 16.5. The van der Waals surface area contributed by atoms with E-state index in [1.165, 1.54) is 10.5 Å². The lowest BCUT2D eigenvalue weighted by Gasteiger charge is -2.16. The molecule has 0 saturated carbocycles. The average Bonchev–Trinajstić information content (AvgIpc) is 3.12. The van der Waals surface area contributed by atoms with Crippen molar-refractivity contribution in [2.75, 3.05) is 6.61 Å². The highest BCUT2D eigenvalue weighted by molar-refractivity contribution is 5.78. The number of hydrogen-bond donors (Lipinski definition) is 1. The van der Waals surface area contributed by atoms with Gasteiger partial charge < -0.3 is 9.30 Å². The van der Waals surface area contributed by atoms with Crippen molar-refractivity contribution in [1.82, 2.24) is 14.0 Å². The molecule has 25 heavy (non-hydrogen) atoms. The van der Waals surface area contributed by atoms with Crippen LogP contribution >= 0.6 is 0 Å². The van der Waals surface area contributed by atoms with Gasteiger partial charge >= 0.3 is 0 Å². The van der Waals surface area contributed by atoms with Crippen LogP contribution in [0.5, 0.6) is 0 Å². The number of pyridine rings is 2. The number of fused-ring (bicyclic) bond motifs is 2. The summed E-state index contributed by atoms with van der Waals surface area (Å²) in [6.45, 7) is 3.01. The molecule has 1 aliphatic heterocycles. The van der Waals surface area contributed by atoms with Crippen molar-refractivity contribution in [3.63, 3.8) is 0 Å². The summed E-state index contributed by atoms with van der Waals surface area (Å²) in [7, 11) is 0. The Morgan fingerprint density at radius 1 is 1.48 bits per heavy atom. The molecule has 0 aromatic carbocycles. The van der Waals surface area contributed by atoms with E-state index >= 15 is 0 Å². The molecule has 1 aliphatic rings. The van der Waals surface area contributed by atoms with Crippen LogP contribution in [0.15, 0.2) is 29.2 Å². The quantitative estimate of drug-likeness (QED) is 0.718. The Labute approximate surface area is 143 Å². The van der Waals surface area contributed by atoms with E-state index in [0.717, 1.165) is 18.4 Å². The summed E-state index contributed by atoms with van der Waals surface area (Å²) in [5.74, 6) is 0. The minimum atomic E-state index is -0.235. The number of hydrogen-bond acceptors (Lipinski definition) is 5. The van der Waals surface area contributed by atoms with Crippen molar-refractivity contribution in [3.05, 3.63) is 51.4 Å². The van der Waals surface area contributed by atoms with Crippen LogP contribution in [0.1, 0.15) is 24.0 Å². The molecule has 7 heteroatoms. The Hall–Kier alpha value is -2.98. The molecule has 0 amide bonds. The Kier molecular flexibility index (Phi) is 3.62. The van der Waals surface area contributed by atoms with E-state index in [4.69, 9.17) is 10.1 Å². The normalized spacial score (nSPS) is 17.2. The fourth-order valence-electron chi connectivity index (χ4n) is 3.35. The van der Waals surface area contributed by atoms with Gasteiger partial charge in [0.15, 0.2) is 0 Å². The number of rotatable bonds is 2. The van der Waals surface area contributed by atoms with Gasteiger partial charge in [0, 0.05) is 12.8 Å². The molecule has 3 aromatic rings. The van der Waals surface area contributed by atoms with Gasteiger partial charge in [0.25, 0.3) is 5.56 Å². The van der Waals surface area contributed by atoms with Crippen molar-refractivity contribution < 1.29 is 4.74 Å². The van der Waals surface area contributed by atoms with Crippen molar-refractivity contribution >= 4 is 16.7 Å². The second kappa shape index (κ2) is 5.83. The summed E-state index contributed by atoms with van der Waals surface area (Å²) in [4.78, 5) is 17.6. The zero-order valence-electron chi connectivity index (χ0n) is 13.8. The van der Waals surface area contributed by atoms with Crippen molar-refractivity contribution in [2.45, 2.75) is 32.4 Å². The van der Waals surface area contributed by atoms with Crippen LogP contribution in [0.4, 0.5) is 0 Å². The number of ether oxygens (including phenoxy) is 1. The molecule has 4 rings (SSSR count). The van der Waals surface area contributed by atoms with E-state index in [1.807, 2.05) is 19.1 Å². The van der Waals surface area contributed by atoms with Gasteiger partial charge in [0.05, 0.1) is 23.6 Å². The van der Waals surface area contributed by atoms with Gasteiger partial charge in [0.2, 0.25) is 0 Å². The highest BCUT2D eigenvalue weighted by Crippen LogP contribution is 2.17. The largest absolute Gasteiger partial charge is 0.376 e. The van der Waals surface area contributed by atoms with Crippen LogP contribution in [0.25, 0.3) is 16.7 Å². The van der Waals surface area contributed by atoms with Crippen molar-refractivity contribution in [2.24, 2.45) is 0 Å². The molecule has 0 spiro atoms. The molecular formula is C18H17N5O2. The fraction of sp³-hybridized carbons (Fsp3) is 0.333. The molecule has 0 aliphatic carbocycles. The van der Waals surface area contributed by atoms with Crippen LogP contribution in [-0.2, 0) is 11.3 Å². The SMILES string of the molecule is Cc1cccn2c(=O)c3cc(C#N)c(=N)n(CC4CCCO4)c3nc12. The van der Waals surface area contributed by atoms with Gasteiger partial charge in [-0.25, -0.2) is 4.98 Å². The van der Waals surface area contributed by atoms with Gasteiger partial charge in [-0.3, -0.25) is 14.6 Å². The highest BCUT2D eigenvalue weighted by Gasteiger charge is 2.20. The van der Waals surface area contributed by atoms with Crippen molar-refractivity contribution in [1.29, 1.82) is 10.7 Å². The molecule has 1 saturated heterocycles. The Balaban J connectivity index is 2.10. The molecule has 3 aromatic heterocycles. The maximum Gasteiger partial charge on any atom is 0.267 e. The number of nitrogens with zero attached hydrogens (tertiary/aromatic N) is 4. The Morgan fingerprint density at radius 3 is 3.04 bits per heavy atom. The lowest BCUT2D eigenvalue weighted by Crippen LogP contribution is -2.31. The molecule has 4 heterocycles. The predicted octanol–water partition coefficient (Wildman–Crippen LogP) is 1.49. The molecule has 1 N–H and O–H groups in total. The summed E-state index contributed by atoms with van der Waals surface area (Å²) >= 11 is 0. The third kappa shape index (κ3) is 2.42. The van der Waals surface area contributed by atoms with E-state index in [1.54, 1.807) is 16.8 Å². The second-order valence-electron chi connectivity index (χ2n) is 6.30. The minimum Gasteiger partial charge on any atom is -0.376 e. The maximum absolute atomic E-state index is 12.9. The summed E-state index contributed by atoms with van der Waals surface area (Å²) in [5.41, 5.74) is 1.86. The number of aryl methyl sites for hydroxylation is 1. The molecule has 126 valence electrons. The average molecular weight is 335 g/mol. The standard InChI is InChI=1S/C18H17N5O2/c1-11-4-2-6-22-16(11)21-17-14(18(22)24)8-12(9-19)15(20)23(17)10-13-5-3-7-25-13/h2,4,6,8,13,20H,3,5,7,10H2,1H3. The van der Waals surface area contributed by atoms with Crippen LogP contribution in [0.2, 0.25) is 0 Å². The third-order valence-electron chi connectivity index (χ3n) is 4.66. The third-order valence-corrected chi connectivity index (χ3v) is 4.66. The van der Waals surface area contributed by atoms with Crippen LogP contribution in [0.3, 0.4) is 0 Å². The van der Waals surface area contributed by atoms with Gasteiger partial charge in [-0.1, -0.05) is 6.07 Å². The first-order valence-electron chi connectivity index (χ1n) is 8.22. The maximum atomic E-state index is 12.9. The van der Waals surface area contributed by atoms with E-state index in [9.17, 15) is 10.1 Å².